The second-order valence-electron chi connectivity index (χ2n) is 5.37. The van der Waals surface area contributed by atoms with Crippen LogP contribution in [0, 0.1) is 0 Å². The molecule has 23 heavy (non-hydrogen) atoms. The van der Waals surface area contributed by atoms with Crippen molar-refractivity contribution in [2.45, 2.75) is 38.5 Å². The maximum absolute atomic E-state index is 12.4. The highest BCUT2D eigenvalue weighted by Gasteiger charge is 2.42. The molecule has 1 rings (SSSR count). The Hall–Kier alpha value is -1.84. The molecular weight excluding hydrogens is 317 g/mol. The third-order valence-electron chi connectivity index (χ3n) is 3.70. The Balaban J connectivity index is 2.63. The van der Waals surface area contributed by atoms with Crippen molar-refractivity contribution in [1.82, 2.24) is 20.4 Å². The van der Waals surface area contributed by atoms with Gasteiger partial charge in [-0.3, -0.25) is 19.8 Å². The number of halogens is 3. The van der Waals surface area contributed by atoms with Crippen LogP contribution in [-0.2, 0) is 9.59 Å². The predicted octanol–water partition coefficient (Wildman–Crippen LogP) is 0.316. The van der Waals surface area contributed by atoms with Crippen LogP contribution in [0.25, 0.3) is 0 Å². The molecule has 1 heterocycles. The molecule has 1 aliphatic heterocycles. The van der Waals surface area contributed by atoms with Crippen LogP contribution in [0.3, 0.4) is 0 Å². The molecule has 0 aromatic carbocycles. The van der Waals surface area contributed by atoms with Crippen LogP contribution in [0.4, 0.5) is 18.0 Å². The van der Waals surface area contributed by atoms with Gasteiger partial charge in [0, 0.05) is 13.1 Å². The molecule has 0 saturated carbocycles. The Morgan fingerprint density at radius 2 is 2.04 bits per heavy atom. The molecule has 7 nitrogen and oxygen atoms in total. The standard InChI is InChI=1S/C13H21F3N4O3/c1-4-17-12(23)18-10(21)8(2)19(3)9-5-6-20(11(9)22)7-13(14,15)16/h8-9H,4-7H2,1-3H3,(H2,17,18,21,23)/t8-,9-/m0/s1. The van der Waals surface area contributed by atoms with E-state index in [4.69, 9.17) is 0 Å². The van der Waals surface area contributed by atoms with E-state index in [1.54, 1.807) is 6.92 Å². The molecule has 0 bridgehead atoms. The normalized spacial score (nSPS) is 19.9. The molecular formula is C13H21F3N4O3. The maximum atomic E-state index is 12.4. The topological polar surface area (TPSA) is 81.8 Å². The van der Waals surface area contributed by atoms with E-state index >= 15 is 0 Å². The number of alkyl halides is 3. The summed E-state index contributed by atoms with van der Waals surface area (Å²) < 4.78 is 37.2. The van der Waals surface area contributed by atoms with E-state index in [1.165, 1.54) is 18.9 Å². The Labute approximate surface area is 132 Å². The van der Waals surface area contributed by atoms with Gasteiger partial charge in [-0.05, 0) is 27.3 Å². The summed E-state index contributed by atoms with van der Waals surface area (Å²) in [5.41, 5.74) is 0. The summed E-state index contributed by atoms with van der Waals surface area (Å²) in [6, 6.07) is -2.31. The van der Waals surface area contributed by atoms with E-state index < -0.39 is 42.7 Å². The highest BCUT2D eigenvalue weighted by Crippen LogP contribution is 2.23. The van der Waals surface area contributed by atoms with Crippen LogP contribution in [-0.4, -0.2) is 72.6 Å². The van der Waals surface area contributed by atoms with Gasteiger partial charge in [0.2, 0.25) is 11.8 Å². The van der Waals surface area contributed by atoms with Gasteiger partial charge in [0.05, 0.1) is 12.1 Å². The second-order valence-corrected chi connectivity index (χ2v) is 5.37. The molecule has 2 atom stereocenters. The van der Waals surface area contributed by atoms with Crippen molar-refractivity contribution < 1.29 is 27.6 Å². The summed E-state index contributed by atoms with van der Waals surface area (Å²) in [6.07, 6.45) is -4.26. The molecule has 0 radical (unpaired) electrons. The van der Waals surface area contributed by atoms with Crippen molar-refractivity contribution in [1.29, 1.82) is 0 Å². The van der Waals surface area contributed by atoms with Crippen molar-refractivity contribution in [3.8, 4) is 0 Å². The van der Waals surface area contributed by atoms with Crippen LogP contribution >= 0.6 is 0 Å². The fourth-order valence-electron chi connectivity index (χ4n) is 2.35. The van der Waals surface area contributed by atoms with E-state index in [1.807, 2.05) is 0 Å². The van der Waals surface area contributed by atoms with Crippen molar-refractivity contribution in [3.05, 3.63) is 0 Å². The van der Waals surface area contributed by atoms with Crippen LogP contribution in [0.5, 0.6) is 0 Å². The van der Waals surface area contributed by atoms with Gasteiger partial charge in [0.15, 0.2) is 0 Å². The monoisotopic (exact) mass is 338 g/mol. The van der Waals surface area contributed by atoms with Gasteiger partial charge >= 0.3 is 12.2 Å². The van der Waals surface area contributed by atoms with Crippen molar-refractivity contribution >= 4 is 17.8 Å². The number of nitrogens with zero attached hydrogens (tertiary/aromatic N) is 2. The fraction of sp³-hybridized carbons (Fsp3) is 0.769. The molecule has 0 aromatic heterocycles. The minimum atomic E-state index is -4.45. The van der Waals surface area contributed by atoms with Gasteiger partial charge in [0.25, 0.3) is 0 Å². The number of hydrogen-bond acceptors (Lipinski definition) is 4. The average molecular weight is 338 g/mol. The summed E-state index contributed by atoms with van der Waals surface area (Å²) >= 11 is 0. The summed E-state index contributed by atoms with van der Waals surface area (Å²) in [6.45, 7) is 2.20. The van der Waals surface area contributed by atoms with Gasteiger partial charge in [-0.15, -0.1) is 0 Å². The third-order valence-corrected chi connectivity index (χ3v) is 3.70. The van der Waals surface area contributed by atoms with E-state index in [-0.39, 0.29) is 13.0 Å². The average Bonchev–Trinajstić information content (AvgIpc) is 2.76. The highest BCUT2D eigenvalue weighted by molar-refractivity contribution is 5.97. The lowest BCUT2D eigenvalue weighted by Gasteiger charge is -2.28. The van der Waals surface area contributed by atoms with Crippen LogP contribution in [0.15, 0.2) is 0 Å². The molecule has 10 heteroatoms. The Morgan fingerprint density at radius 3 is 2.57 bits per heavy atom. The fourth-order valence-corrected chi connectivity index (χ4v) is 2.35. The van der Waals surface area contributed by atoms with Gasteiger partial charge in [0.1, 0.15) is 6.54 Å². The number of carbonyl (C=O) groups is 3. The molecule has 1 fully saturated rings. The quantitative estimate of drug-likeness (QED) is 0.756. The number of nitrogens with one attached hydrogen (secondary N) is 2. The Bertz CT molecular complexity index is 470. The van der Waals surface area contributed by atoms with E-state index in [9.17, 15) is 27.6 Å². The summed E-state index contributed by atoms with van der Waals surface area (Å²) in [5, 5.41) is 4.51. The first-order valence-electron chi connectivity index (χ1n) is 7.23. The Kier molecular flexibility index (Phi) is 6.37. The highest BCUT2D eigenvalue weighted by atomic mass is 19.4. The first-order valence-corrected chi connectivity index (χ1v) is 7.23. The van der Waals surface area contributed by atoms with E-state index in [2.05, 4.69) is 10.6 Å². The smallest absolute Gasteiger partial charge is 0.338 e. The molecule has 2 N–H and O–H groups in total. The number of rotatable bonds is 5. The minimum Gasteiger partial charge on any atom is -0.338 e. The van der Waals surface area contributed by atoms with Crippen molar-refractivity contribution in [2.24, 2.45) is 0 Å². The molecule has 1 aliphatic rings. The lowest BCUT2D eigenvalue weighted by Crippen LogP contribution is -2.53. The van der Waals surface area contributed by atoms with E-state index in [0.717, 1.165) is 4.90 Å². The Morgan fingerprint density at radius 1 is 1.43 bits per heavy atom. The van der Waals surface area contributed by atoms with Crippen molar-refractivity contribution in [2.75, 3.05) is 26.7 Å². The summed E-state index contributed by atoms with van der Waals surface area (Å²) in [7, 11) is 1.47. The largest absolute Gasteiger partial charge is 0.406 e. The van der Waals surface area contributed by atoms with Gasteiger partial charge < -0.3 is 10.2 Å². The van der Waals surface area contributed by atoms with Gasteiger partial charge in [-0.25, -0.2) is 4.79 Å². The number of hydrogen-bond donors (Lipinski definition) is 2. The third kappa shape index (κ3) is 5.38. The van der Waals surface area contributed by atoms with Crippen LogP contribution in [0.2, 0.25) is 0 Å². The second kappa shape index (κ2) is 7.62. The lowest BCUT2D eigenvalue weighted by atomic mass is 10.1. The molecule has 0 aliphatic carbocycles. The SMILES string of the molecule is CCNC(=O)NC(=O)[C@H](C)N(C)[C@H]1CCN(CC(F)(F)F)C1=O. The molecule has 1 saturated heterocycles. The predicted molar refractivity (Wildman–Crippen MR) is 75.5 cm³/mol. The molecule has 0 aromatic rings. The zero-order valence-electron chi connectivity index (χ0n) is 13.2. The zero-order chi connectivity index (χ0) is 17.8. The summed E-state index contributed by atoms with van der Waals surface area (Å²) in [4.78, 5) is 37.4. The lowest BCUT2D eigenvalue weighted by molar-refractivity contribution is -0.159. The van der Waals surface area contributed by atoms with Crippen LogP contribution < -0.4 is 10.6 Å². The first kappa shape index (κ1) is 19.2. The number of likely N-dealkylation sites (tertiary alicyclic amines) is 1. The van der Waals surface area contributed by atoms with Gasteiger partial charge in [-0.1, -0.05) is 0 Å². The van der Waals surface area contributed by atoms with Crippen molar-refractivity contribution in [3.63, 3.8) is 0 Å². The number of imide groups is 1. The first-order chi connectivity index (χ1) is 10.6. The number of carbonyl (C=O) groups excluding carboxylic acids is 3. The zero-order valence-corrected chi connectivity index (χ0v) is 13.2. The number of urea groups is 1. The summed E-state index contributed by atoms with van der Waals surface area (Å²) in [5.74, 6) is -1.29. The molecule has 132 valence electrons. The molecule has 4 amide bonds. The van der Waals surface area contributed by atoms with Crippen LogP contribution in [0.1, 0.15) is 20.3 Å². The minimum absolute atomic E-state index is 0.0159. The number of amides is 4. The maximum Gasteiger partial charge on any atom is 0.406 e. The number of likely N-dealkylation sites (N-methyl/N-ethyl adjacent to an activating group) is 1. The van der Waals surface area contributed by atoms with Gasteiger partial charge in [-0.2, -0.15) is 13.2 Å². The van der Waals surface area contributed by atoms with E-state index in [0.29, 0.717) is 6.54 Å². The molecule has 0 spiro atoms. The molecule has 0 unspecified atom stereocenters.